The summed E-state index contributed by atoms with van der Waals surface area (Å²) in [4.78, 5) is 4.39. The Labute approximate surface area is 93.9 Å². The highest BCUT2D eigenvalue weighted by Crippen LogP contribution is 2.20. The van der Waals surface area contributed by atoms with Gasteiger partial charge in [0.05, 0.1) is 11.7 Å². The maximum atomic E-state index is 9.82. The third-order valence-corrected chi connectivity index (χ3v) is 3.24. The molecule has 1 fully saturated rings. The van der Waals surface area contributed by atoms with Gasteiger partial charge in [0.25, 0.3) is 0 Å². The first kappa shape index (κ1) is 9.66. The average Bonchev–Trinajstić information content (AvgIpc) is 2.90. The van der Waals surface area contributed by atoms with Crippen molar-refractivity contribution in [2.75, 3.05) is 13.1 Å². The zero-order valence-corrected chi connectivity index (χ0v) is 9.06. The van der Waals surface area contributed by atoms with Crippen molar-refractivity contribution in [1.82, 2.24) is 14.7 Å². The number of nitrogens with zero attached hydrogens (tertiary/aromatic N) is 2. The average molecular weight is 217 g/mol. The van der Waals surface area contributed by atoms with E-state index in [1.807, 2.05) is 22.7 Å². The predicted molar refractivity (Wildman–Crippen MR) is 61.5 cm³/mol. The number of aromatic hydroxyl groups is 1. The van der Waals surface area contributed by atoms with Gasteiger partial charge in [0.2, 0.25) is 0 Å². The van der Waals surface area contributed by atoms with Gasteiger partial charge in [0, 0.05) is 6.42 Å². The Kier molecular flexibility index (Phi) is 2.29. The zero-order chi connectivity index (χ0) is 11.0. The molecule has 4 heteroatoms. The van der Waals surface area contributed by atoms with Crippen LogP contribution in [0.1, 0.15) is 12.2 Å². The maximum Gasteiger partial charge on any atom is 0.197 e. The lowest BCUT2D eigenvalue weighted by Crippen LogP contribution is -2.12. The Morgan fingerprint density at radius 1 is 1.50 bits per heavy atom. The van der Waals surface area contributed by atoms with Gasteiger partial charge in [-0.05, 0) is 37.6 Å². The van der Waals surface area contributed by atoms with E-state index in [9.17, 15) is 5.11 Å². The van der Waals surface area contributed by atoms with Gasteiger partial charge in [0.1, 0.15) is 5.82 Å². The monoisotopic (exact) mass is 217 g/mol. The molecule has 84 valence electrons. The van der Waals surface area contributed by atoms with Crippen molar-refractivity contribution in [2.24, 2.45) is 5.92 Å². The highest BCUT2D eigenvalue weighted by molar-refractivity contribution is 5.48. The normalized spacial score (nSPS) is 20.6. The molecule has 4 nitrogen and oxygen atoms in total. The minimum atomic E-state index is 0.274. The Balaban J connectivity index is 1.97. The van der Waals surface area contributed by atoms with Crippen LogP contribution in [-0.4, -0.2) is 27.6 Å². The SMILES string of the molecule is Oc1cccc2cnc(CC3CCNC3)n12. The van der Waals surface area contributed by atoms with E-state index >= 15 is 0 Å². The summed E-state index contributed by atoms with van der Waals surface area (Å²) in [5.41, 5.74) is 0.959. The highest BCUT2D eigenvalue weighted by atomic mass is 16.3. The van der Waals surface area contributed by atoms with Crippen molar-refractivity contribution in [2.45, 2.75) is 12.8 Å². The van der Waals surface area contributed by atoms with Crippen molar-refractivity contribution in [3.8, 4) is 5.88 Å². The first-order valence-corrected chi connectivity index (χ1v) is 5.69. The second-order valence-corrected chi connectivity index (χ2v) is 4.38. The second kappa shape index (κ2) is 3.79. The minimum absolute atomic E-state index is 0.274. The van der Waals surface area contributed by atoms with Gasteiger partial charge in [-0.15, -0.1) is 0 Å². The number of aromatic nitrogens is 2. The molecule has 0 bridgehead atoms. The largest absolute Gasteiger partial charge is 0.494 e. The minimum Gasteiger partial charge on any atom is -0.494 e. The molecule has 1 atom stereocenters. The van der Waals surface area contributed by atoms with Crippen LogP contribution in [0.2, 0.25) is 0 Å². The fourth-order valence-corrected chi connectivity index (χ4v) is 2.39. The summed E-state index contributed by atoms with van der Waals surface area (Å²) < 4.78 is 1.83. The van der Waals surface area contributed by atoms with E-state index in [4.69, 9.17) is 0 Å². The Bertz CT molecular complexity index is 500. The molecule has 0 radical (unpaired) electrons. The standard InChI is InChI=1S/C12H15N3O/c16-12-3-1-2-10-8-14-11(15(10)12)6-9-4-5-13-7-9/h1-3,8-9,13,16H,4-7H2. The summed E-state index contributed by atoms with van der Waals surface area (Å²) in [5.74, 6) is 1.88. The fraction of sp³-hybridized carbons (Fsp3) is 0.417. The lowest BCUT2D eigenvalue weighted by atomic mass is 10.0. The smallest absolute Gasteiger partial charge is 0.197 e. The van der Waals surface area contributed by atoms with Crippen LogP contribution in [0.3, 0.4) is 0 Å². The first-order valence-electron chi connectivity index (χ1n) is 5.69. The molecule has 1 aliphatic rings. The Morgan fingerprint density at radius 2 is 2.44 bits per heavy atom. The summed E-state index contributed by atoms with van der Waals surface area (Å²) in [6.07, 6.45) is 3.94. The molecule has 1 aliphatic heterocycles. The van der Waals surface area contributed by atoms with Gasteiger partial charge in [-0.25, -0.2) is 4.98 Å². The van der Waals surface area contributed by atoms with Crippen LogP contribution in [0.15, 0.2) is 24.4 Å². The molecule has 0 aliphatic carbocycles. The van der Waals surface area contributed by atoms with E-state index in [0.29, 0.717) is 5.92 Å². The number of hydrogen-bond acceptors (Lipinski definition) is 3. The van der Waals surface area contributed by atoms with Crippen molar-refractivity contribution in [3.05, 3.63) is 30.2 Å². The molecule has 1 unspecified atom stereocenters. The van der Waals surface area contributed by atoms with E-state index in [2.05, 4.69) is 10.3 Å². The summed E-state index contributed by atoms with van der Waals surface area (Å²) in [7, 11) is 0. The molecule has 2 aromatic heterocycles. The second-order valence-electron chi connectivity index (χ2n) is 4.38. The van der Waals surface area contributed by atoms with Crippen LogP contribution < -0.4 is 5.32 Å². The van der Waals surface area contributed by atoms with E-state index in [-0.39, 0.29) is 5.88 Å². The molecule has 0 aromatic carbocycles. The van der Waals surface area contributed by atoms with Crippen LogP contribution in [0.4, 0.5) is 0 Å². The molecule has 3 heterocycles. The van der Waals surface area contributed by atoms with Gasteiger partial charge in [-0.1, -0.05) is 6.07 Å². The number of hydrogen-bond donors (Lipinski definition) is 2. The fourth-order valence-electron chi connectivity index (χ4n) is 2.39. The van der Waals surface area contributed by atoms with Crippen LogP contribution >= 0.6 is 0 Å². The number of imidazole rings is 1. The van der Waals surface area contributed by atoms with Crippen molar-refractivity contribution in [3.63, 3.8) is 0 Å². The van der Waals surface area contributed by atoms with Gasteiger partial charge < -0.3 is 10.4 Å². The van der Waals surface area contributed by atoms with Gasteiger partial charge in [-0.3, -0.25) is 4.40 Å². The molecule has 2 N–H and O–H groups in total. The summed E-state index contributed by atoms with van der Waals surface area (Å²) in [6, 6.07) is 5.50. The number of rotatable bonds is 2. The number of fused-ring (bicyclic) bond motifs is 1. The highest BCUT2D eigenvalue weighted by Gasteiger charge is 2.18. The van der Waals surface area contributed by atoms with Gasteiger partial charge >= 0.3 is 0 Å². The van der Waals surface area contributed by atoms with Crippen molar-refractivity contribution in [1.29, 1.82) is 0 Å². The molecule has 2 aromatic rings. The molecule has 0 amide bonds. The first-order chi connectivity index (χ1) is 7.84. The van der Waals surface area contributed by atoms with Crippen molar-refractivity contribution >= 4 is 5.52 Å². The molecule has 0 saturated carbocycles. The van der Waals surface area contributed by atoms with Crippen LogP contribution in [0.5, 0.6) is 5.88 Å². The number of nitrogens with one attached hydrogen (secondary N) is 1. The summed E-state index contributed by atoms with van der Waals surface area (Å²) in [5, 5.41) is 13.2. The molecule has 3 rings (SSSR count). The number of pyridine rings is 1. The van der Waals surface area contributed by atoms with E-state index < -0.39 is 0 Å². The quantitative estimate of drug-likeness (QED) is 0.794. The molecular formula is C12H15N3O. The molecule has 16 heavy (non-hydrogen) atoms. The lowest BCUT2D eigenvalue weighted by molar-refractivity contribution is 0.439. The third-order valence-electron chi connectivity index (χ3n) is 3.24. The molecule has 0 spiro atoms. The summed E-state index contributed by atoms with van der Waals surface area (Å²) >= 11 is 0. The molecule has 1 saturated heterocycles. The van der Waals surface area contributed by atoms with Crippen LogP contribution in [0.25, 0.3) is 5.52 Å². The predicted octanol–water partition coefficient (Wildman–Crippen LogP) is 1.19. The van der Waals surface area contributed by atoms with Gasteiger partial charge in [0.15, 0.2) is 5.88 Å². The van der Waals surface area contributed by atoms with Crippen molar-refractivity contribution < 1.29 is 5.11 Å². The zero-order valence-electron chi connectivity index (χ0n) is 9.06. The van der Waals surface area contributed by atoms with Gasteiger partial charge in [-0.2, -0.15) is 0 Å². The van der Waals surface area contributed by atoms with Crippen LogP contribution in [0, 0.1) is 5.92 Å². The molecular weight excluding hydrogens is 202 g/mol. The van der Waals surface area contributed by atoms with Crippen LogP contribution in [-0.2, 0) is 6.42 Å². The summed E-state index contributed by atoms with van der Waals surface area (Å²) in [6.45, 7) is 2.16. The maximum absolute atomic E-state index is 9.82. The van der Waals surface area contributed by atoms with E-state index in [0.717, 1.165) is 30.9 Å². The Morgan fingerprint density at radius 3 is 3.25 bits per heavy atom. The third kappa shape index (κ3) is 1.55. The lowest BCUT2D eigenvalue weighted by Gasteiger charge is -2.08. The van der Waals surface area contributed by atoms with E-state index in [1.54, 1.807) is 6.07 Å². The van der Waals surface area contributed by atoms with E-state index in [1.165, 1.54) is 6.42 Å². The topological polar surface area (TPSA) is 49.6 Å². The Hall–Kier alpha value is -1.55.